The van der Waals surface area contributed by atoms with Crippen molar-refractivity contribution in [3.63, 3.8) is 0 Å². The van der Waals surface area contributed by atoms with E-state index in [2.05, 4.69) is 15.6 Å². The third kappa shape index (κ3) is 5.19. The van der Waals surface area contributed by atoms with Crippen molar-refractivity contribution >= 4 is 34.8 Å². The lowest BCUT2D eigenvalue weighted by atomic mass is 10.1. The first kappa shape index (κ1) is 25.7. The lowest BCUT2D eigenvalue weighted by Gasteiger charge is -2.26. The van der Waals surface area contributed by atoms with Gasteiger partial charge in [-0.2, -0.15) is 0 Å². The SMILES string of the molecule is C/C=C1/C=C(C(=O)N(C)C)N(c2ccccc2)/C1=N/C(C)Nc1ccc(N2CC3CCC(CC2=O)N3)cn1. The zero-order valence-electron chi connectivity index (χ0n) is 22.4. The van der Waals surface area contributed by atoms with Crippen molar-refractivity contribution in [1.82, 2.24) is 15.2 Å². The van der Waals surface area contributed by atoms with E-state index in [0.29, 0.717) is 42.4 Å². The minimum absolute atomic E-state index is 0.0947. The summed E-state index contributed by atoms with van der Waals surface area (Å²) in [6, 6.07) is 14.2. The van der Waals surface area contributed by atoms with Crippen LogP contribution in [-0.4, -0.2) is 66.4 Å². The van der Waals surface area contributed by atoms with Crippen LogP contribution in [0.1, 0.15) is 33.1 Å². The number of likely N-dealkylation sites (N-methyl/N-ethyl adjacent to an activating group) is 1. The molecule has 0 spiro atoms. The molecule has 2 fully saturated rings. The zero-order valence-corrected chi connectivity index (χ0v) is 22.4. The van der Waals surface area contributed by atoms with E-state index >= 15 is 0 Å². The molecule has 1 aromatic carbocycles. The first-order chi connectivity index (χ1) is 18.3. The molecule has 9 nitrogen and oxygen atoms in total. The van der Waals surface area contributed by atoms with Crippen molar-refractivity contribution < 1.29 is 9.59 Å². The molecule has 2 saturated heterocycles. The second-order valence-electron chi connectivity index (χ2n) is 10.2. The summed E-state index contributed by atoms with van der Waals surface area (Å²) in [5, 5.41) is 6.89. The van der Waals surface area contributed by atoms with E-state index in [4.69, 9.17) is 4.99 Å². The molecule has 0 radical (unpaired) electrons. The predicted octanol–water partition coefficient (Wildman–Crippen LogP) is 3.53. The van der Waals surface area contributed by atoms with Gasteiger partial charge in [0.1, 0.15) is 23.5 Å². The average molecular weight is 514 g/mol. The minimum Gasteiger partial charge on any atom is -0.349 e. The topological polar surface area (TPSA) is 93.2 Å². The molecule has 3 unspecified atom stereocenters. The Morgan fingerprint density at radius 3 is 2.61 bits per heavy atom. The number of carbonyl (C=O) groups excluding carboxylic acids is 2. The van der Waals surface area contributed by atoms with Gasteiger partial charge in [0, 0.05) is 50.4 Å². The number of allylic oxidation sites excluding steroid dienone is 1. The van der Waals surface area contributed by atoms with Crippen LogP contribution in [0.4, 0.5) is 17.2 Å². The Balaban J connectivity index is 1.35. The third-order valence-corrected chi connectivity index (χ3v) is 7.15. The summed E-state index contributed by atoms with van der Waals surface area (Å²) in [5.41, 5.74) is 3.10. The summed E-state index contributed by atoms with van der Waals surface area (Å²) in [6.07, 6.45) is 7.97. The number of amides is 2. The van der Waals surface area contributed by atoms with Gasteiger partial charge < -0.3 is 20.4 Å². The molecule has 3 aliphatic rings. The normalized spacial score (nSPS) is 24.0. The number of aliphatic imine (C=N–C) groups is 1. The van der Waals surface area contributed by atoms with Crippen LogP contribution in [0, 0.1) is 0 Å². The maximum atomic E-state index is 13.0. The average Bonchev–Trinajstić information content (AvgIpc) is 3.46. The van der Waals surface area contributed by atoms with Crippen LogP contribution in [0.5, 0.6) is 0 Å². The molecule has 2 amide bonds. The van der Waals surface area contributed by atoms with E-state index < -0.39 is 0 Å². The van der Waals surface area contributed by atoms with Crippen molar-refractivity contribution in [2.45, 2.75) is 51.4 Å². The quantitative estimate of drug-likeness (QED) is 0.614. The molecule has 5 rings (SSSR count). The number of anilines is 3. The minimum atomic E-state index is -0.327. The highest BCUT2D eigenvalue weighted by Gasteiger charge is 2.34. The largest absolute Gasteiger partial charge is 0.349 e. The number of hydrogen-bond acceptors (Lipinski definition) is 6. The van der Waals surface area contributed by atoms with E-state index in [1.54, 1.807) is 25.2 Å². The maximum absolute atomic E-state index is 13.0. The first-order valence-corrected chi connectivity index (χ1v) is 13.2. The van der Waals surface area contributed by atoms with Gasteiger partial charge in [0.25, 0.3) is 5.91 Å². The molecule has 3 aliphatic heterocycles. The van der Waals surface area contributed by atoms with Crippen LogP contribution in [0.25, 0.3) is 0 Å². The molecule has 9 heteroatoms. The van der Waals surface area contributed by atoms with Crippen molar-refractivity contribution in [3.05, 3.63) is 72.1 Å². The number of aromatic nitrogens is 1. The van der Waals surface area contributed by atoms with Crippen LogP contribution in [0.15, 0.2) is 77.1 Å². The van der Waals surface area contributed by atoms with Gasteiger partial charge >= 0.3 is 0 Å². The Labute approximate surface area is 223 Å². The summed E-state index contributed by atoms with van der Waals surface area (Å²) < 4.78 is 0. The zero-order chi connectivity index (χ0) is 26.8. The fraction of sp³-hybridized carbons (Fsp3) is 0.379. The van der Waals surface area contributed by atoms with Gasteiger partial charge in [0.05, 0.1) is 11.9 Å². The van der Waals surface area contributed by atoms with Crippen LogP contribution in [0.3, 0.4) is 0 Å². The van der Waals surface area contributed by atoms with Crippen LogP contribution in [-0.2, 0) is 9.59 Å². The number of rotatable bonds is 6. The van der Waals surface area contributed by atoms with Gasteiger partial charge in [-0.05, 0) is 57.0 Å². The third-order valence-electron chi connectivity index (χ3n) is 7.15. The molecule has 3 atom stereocenters. The lowest BCUT2D eigenvalue weighted by molar-refractivity contribution is -0.124. The number of benzene rings is 1. The number of fused-ring (bicyclic) bond motifs is 2. The monoisotopic (exact) mass is 513 g/mol. The molecule has 2 aromatic rings. The molecule has 198 valence electrons. The van der Waals surface area contributed by atoms with Crippen molar-refractivity contribution in [1.29, 1.82) is 0 Å². The van der Waals surface area contributed by atoms with Crippen molar-refractivity contribution in [2.24, 2.45) is 4.99 Å². The fourth-order valence-electron chi connectivity index (χ4n) is 5.25. The Hall–Kier alpha value is -3.98. The van der Waals surface area contributed by atoms with Gasteiger partial charge in [0.2, 0.25) is 5.91 Å². The molecule has 38 heavy (non-hydrogen) atoms. The molecule has 0 aliphatic carbocycles. The highest BCUT2D eigenvalue weighted by molar-refractivity contribution is 6.23. The Morgan fingerprint density at radius 2 is 1.92 bits per heavy atom. The number of nitrogens with one attached hydrogen (secondary N) is 2. The van der Waals surface area contributed by atoms with Crippen LogP contribution >= 0.6 is 0 Å². The number of carbonyl (C=O) groups is 2. The van der Waals surface area contributed by atoms with Crippen LogP contribution in [0.2, 0.25) is 0 Å². The molecule has 1 aromatic heterocycles. The van der Waals surface area contributed by atoms with Gasteiger partial charge in [0.15, 0.2) is 0 Å². The summed E-state index contributed by atoms with van der Waals surface area (Å²) in [7, 11) is 3.49. The Bertz CT molecular complexity index is 1280. The number of pyridine rings is 1. The number of nitrogens with zero attached hydrogens (tertiary/aromatic N) is 5. The number of para-hydroxylation sites is 1. The summed E-state index contributed by atoms with van der Waals surface area (Å²) in [4.78, 5) is 40.7. The summed E-state index contributed by atoms with van der Waals surface area (Å²) in [5.74, 6) is 1.40. The van der Waals surface area contributed by atoms with E-state index in [0.717, 1.165) is 29.8 Å². The fourth-order valence-corrected chi connectivity index (χ4v) is 5.25. The Kier molecular flexibility index (Phi) is 7.28. The van der Waals surface area contributed by atoms with Gasteiger partial charge in [-0.3, -0.25) is 14.5 Å². The van der Waals surface area contributed by atoms with Crippen molar-refractivity contribution in [2.75, 3.05) is 35.8 Å². The number of amidine groups is 1. The molecule has 4 heterocycles. The second-order valence-corrected chi connectivity index (χ2v) is 10.2. The van der Waals surface area contributed by atoms with E-state index in [1.807, 2.05) is 78.3 Å². The molecule has 2 bridgehead atoms. The second kappa shape index (κ2) is 10.8. The van der Waals surface area contributed by atoms with E-state index in [9.17, 15) is 9.59 Å². The lowest BCUT2D eigenvalue weighted by Crippen LogP contribution is -2.37. The van der Waals surface area contributed by atoms with Gasteiger partial charge in [-0.1, -0.05) is 24.3 Å². The first-order valence-electron chi connectivity index (χ1n) is 13.2. The van der Waals surface area contributed by atoms with Gasteiger partial charge in [-0.25, -0.2) is 9.98 Å². The molecule has 2 N–H and O–H groups in total. The summed E-state index contributed by atoms with van der Waals surface area (Å²) in [6.45, 7) is 4.57. The number of hydrogen-bond donors (Lipinski definition) is 2. The van der Waals surface area contributed by atoms with Crippen LogP contribution < -0.4 is 20.4 Å². The smallest absolute Gasteiger partial charge is 0.270 e. The predicted molar refractivity (Wildman–Crippen MR) is 151 cm³/mol. The molecule has 0 saturated carbocycles. The standard InChI is InChI=1S/C29H35N7O2/c1-5-20-15-25(29(38)34(3)4)36(23-9-7-6-8-10-23)28(20)32-19(2)31-26-14-13-24(17-30-26)35-18-22-12-11-21(33-22)16-27(35)37/h5-10,13-15,17,19,21-22,33H,11-12,16,18H2,1-4H3,(H,30,31)/b20-5-,32-28+. The highest BCUT2D eigenvalue weighted by atomic mass is 16.2. The van der Waals surface area contributed by atoms with E-state index in [-0.39, 0.29) is 18.0 Å². The van der Waals surface area contributed by atoms with E-state index in [1.165, 1.54) is 0 Å². The molecular formula is C29H35N7O2. The Morgan fingerprint density at radius 1 is 1.16 bits per heavy atom. The maximum Gasteiger partial charge on any atom is 0.270 e. The van der Waals surface area contributed by atoms with Gasteiger partial charge in [-0.15, -0.1) is 0 Å². The summed E-state index contributed by atoms with van der Waals surface area (Å²) >= 11 is 0. The van der Waals surface area contributed by atoms with Crippen molar-refractivity contribution in [3.8, 4) is 0 Å². The molecular weight excluding hydrogens is 478 g/mol. The highest BCUT2D eigenvalue weighted by Crippen LogP contribution is 2.31.